The molecular weight excluding hydrogens is 278 g/mol. The molecule has 1 fully saturated rings. The first kappa shape index (κ1) is 15.0. The number of likely N-dealkylation sites (tertiary alicyclic amines) is 1. The van der Waals surface area contributed by atoms with Gasteiger partial charge in [-0.05, 0) is 43.7 Å². The van der Waals surface area contributed by atoms with Crippen LogP contribution in [0.2, 0.25) is 5.02 Å². The molecule has 1 aromatic carbocycles. The van der Waals surface area contributed by atoms with Crippen LogP contribution in [0.5, 0.6) is 0 Å². The van der Waals surface area contributed by atoms with Crippen molar-refractivity contribution in [1.82, 2.24) is 4.90 Å². The molecule has 0 amide bonds. The van der Waals surface area contributed by atoms with Gasteiger partial charge in [0, 0.05) is 23.6 Å². The van der Waals surface area contributed by atoms with E-state index in [1.165, 1.54) is 0 Å². The van der Waals surface area contributed by atoms with Crippen molar-refractivity contribution < 1.29 is 14.7 Å². The lowest BCUT2D eigenvalue weighted by atomic mass is 10.0. The fraction of sp³-hybridized carbons (Fsp3) is 0.467. The quantitative estimate of drug-likeness (QED) is 0.849. The highest BCUT2D eigenvalue weighted by Crippen LogP contribution is 2.18. The van der Waals surface area contributed by atoms with Crippen LogP contribution in [0, 0.1) is 0 Å². The number of carboxylic acid groups (broad SMARTS) is 1. The second kappa shape index (κ2) is 6.86. The third kappa shape index (κ3) is 3.81. The van der Waals surface area contributed by atoms with Gasteiger partial charge in [-0.3, -0.25) is 14.5 Å². The van der Waals surface area contributed by atoms with Crippen LogP contribution in [0.1, 0.15) is 36.0 Å². The smallest absolute Gasteiger partial charge is 0.320 e. The second-order valence-corrected chi connectivity index (χ2v) is 5.50. The van der Waals surface area contributed by atoms with Gasteiger partial charge in [-0.1, -0.05) is 18.0 Å². The second-order valence-electron chi connectivity index (χ2n) is 5.07. The van der Waals surface area contributed by atoms with Gasteiger partial charge in [0.2, 0.25) is 0 Å². The van der Waals surface area contributed by atoms with E-state index in [0.717, 1.165) is 19.4 Å². The minimum atomic E-state index is -0.788. The van der Waals surface area contributed by atoms with Gasteiger partial charge in [-0.15, -0.1) is 0 Å². The van der Waals surface area contributed by atoms with Crippen molar-refractivity contribution in [3.63, 3.8) is 0 Å². The fourth-order valence-electron chi connectivity index (χ4n) is 2.56. The molecule has 0 spiro atoms. The van der Waals surface area contributed by atoms with E-state index in [0.29, 0.717) is 30.0 Å². The van der Waals surface area contributed by atoms with Crippen LogP contribution in [-0.2, 0) is 4.79 Å². The summed E-state index contributed by atoms with van der Waals surface area (Å²) in [5, 5.41) is 9.78. The molecule has 1 atom stereocenters. The molecule has 0 aliphatic carbocycles. The Bertz CT molecular complexity index is 486. The van der Waals surface area contributed by atoms with Crippen molar-refractivity contribution in [2.45, 2.75) is 31.7 Å². The lowest BCUT2D eigenvalue weighted by Crippen LogP contribution is -2.45. The zero-order chi connectivity index (χ0) is 14.5. The first-order valence-electron chi connectivity index (χ1n) is 6.83. The summed E-state index contributed by atoms with van der Waals surface area (Å²) in [5.74, 6) is -0.764. The molecule has 20 heavy (non-hydrogen) atoms. The van der Waals surface area contributed by atoms with Gasteiger partial charge in [-0.2, -0.15) is 0 Å². The Kier molecular flexibility index (Phi) is 5.15. The maximum absolute atomic E-state index is 12.1. The molecule has 1 heterocycles. The number of nitrogens with zero attached hydrogens (tertiary/aromatic N) is 1. The van der Waals surface area contributed by atoms with Gasteiger partial charge >= 0.3 is 5.97 Å². The number of carbonyl (C=O) groups excluding carboxylic acids is 1. The normalized spacial score (nSPS) is 19.8. The zero-order valence-corrected chi connectivity index (χ0v) is 12.0. The van der Waals surface area contributed by atoms with Crippen LogP contribution >= 0.6 is 11.6 Å². The summed E-state index contributed by atoms with van der Waals surface area (Å²) in [6, 6.07) is 6.35. The maximum Gasteiger partial charge on any atom is 0.320 e. The Balaban J connectivity index is 1.91. The van der Waals surface area contributed by atoms with E-state index in [4.69, 9.17) is 11.6 Å². The SMILES string of the molecule is O=C(CCN1CCCCC1C(=O)O)c1ccc(Cl)cc1. The molecule has 1 aliphatic heterocycles. The number of carbonyl (C=O) groups is 2. The molecule has 2 rings (SSSR count). The van der Waals surface area contributed by atoms with Gasteiger partial charge < -0.3 is 5.11 Å². The van der Waals surface area contributed by atoms with Crippen LogP contribution in [0.4, 0.5) is 0 Å². The van der Waals surface area contributed by atoms with Gasteiger partial charge in [0.1, 0.15) is 6.04 Å². The Labute approximate surface area is 123 Å². The molecule has 4 nitrogen and oxygen atoms in total. The van der Waals surface area contributed by atoms with Crippen molar-refractivity contribution in [2.24, 2.45) is 0 Å². The summed E-state index contributed by atoms with van der Waals surface area (Å²) in [6.07, 6.45) is 2.95. The van der Waals surface area contributed by atoms with Crippen molar-refractivity contribution >= 4 is 23.4 Å². The Morgan fingerprint density at radius 3 is 2.60 bits per heavy atom. The van der Waals surface area contributed by atoms with Crippen molar-refractivity contribution in [3.8, 4) is 0 Å². The number of piperidine rings is 1. The number of Topliss-reactive ketones (excluding diaryl/α,β-unsaturated/α-hetero) is 1. The predicted octanol–water partition coefficient (Wildman–Crippen LogP) is 2.85. The minimum Gasteiger partial charge on any atom is -0.480 e. The van der Waals surface area contributed by atoms with E-state index in [1.54, 1.807) is 24.3 Å². The van der Waals surface area contributed by atoms with Gasteiger partial charge in [0.15, 0.2) is 5.78 Å². The number of rotatable bonds is 5. The fourth-order valence-corrected chi connectivity index (χ4v) is 2.69. The van der Waals surface area contributed by atoms with Crippen LogP contribution in [-0.4, -0.2) is 40.9 Å². The van der Waals surface area contributed by atoms with Gasteiger partial charge in [-0.25, -0.2) is 0 Å². The Hall–Kier alpha value is -1.39. The predicted molar refractivity (Wildman–Crippen MR) is 77.2 cm³/mol. The molecule has 0 bridgehead atoms. The standard InChI is InChI=1S/C15H18ClNO3/c16-12-6-4-11(5-7-12)14(18)8-10-17-9-2-1-3-13(17)15(19)20/h4-7,13H,1-3,8-10H2,(H,19,20). The van der Waals surface area contributed by atoms with E-state index in [1.807, 2.05) is 4.90 Å². The highest BCUT2D eigenvalue weighted by atomic mass is 35.5. The third-order valence-electron chi connectivity index (χ3n) is 3.69. The molecule has 0 saturated carbocycles. The largest absolute Gasteiger partial charge is 0.480 e. The monoisotopic (exact) mass is 295 g/mol. The molecule has 0 aromatic heterocycles. The summed E-state index contributed by atoms with van der Waals surface area (Å²) in [7, 11) is 0. The van der Waals surface area contributed by atoms with Crippen molar-refractivity contribution in [1.29, 1.82) is 0 Å². The number of benzene rings is 1. The van der Waals surface area contributed by atoms with E-state index in [9.17, 15) is 14.7 Å². The first-order valence-corrected chi connectivity index (χ1v) is 7.21. The molecule has 0 radical (unpaired) electrons. The van der Waals surface area contributed by atoms with Crippen LogP contribution in [0.15, 0.2) is 24.3 Å². The van der Waals surface area contributed by atoms with E-state index in [-0.39, 0.29) is 5.78 Å². The molecule has 1 aliphatic rings. The number of ketones is 1. The highest BCUT2D eigenvalue weighted by Gasteiger charge is 2.28. The number of halogens is 1. The highest BCUT2D eigenvalue weighted by molar-refractivity contribution is 6.30. The van der Waals surface area contributed by atoms with Crippen molar-refractivity contribution in [2.75, 3.05) is 13.1 Å². The van der Waals surface area contributed by atoms with Gasteiger partial charge in [0.05, 0.1) is 0 Å². The van der Waals surface area contributed by atoms with Crippen LogP contribution in [0.3, 0.4) is 0 Å². The lowest BCUT2D eigenvalue weighted by Gasteiger charge is -2.32. The number of hydrogen-bond donors (Lipinski definition) is 1. The van der Waals surface area contributed by atoms with Gasteiger partial charge in [0.25, 0.3) is 0 Å². The van der Waals surface area contributed by atoms with Crippen LogP contribution < -0.4 is 0 Å². The third-order valence-corrected chi connectivity index (χ3v) is 3.94. The summed E-state index contributed by atoms with van der Waals surface area (Å²) < 4.78 is 0. The summed E-state index contributed by atoms with van der Waals surface area (Å²) in [6.45, 7) is 1.25. The Morgan fingerprint density at radius 2 is 1.95 bits per heavy atom. The Morgan fingerprint density at radius 1 is 1.25 bits per heavy atom. The molecule has 1 saturated heterocycles. The number of aliphatic carboxylic acids is 1. The summed E-state index contributed by atoms with van der Waals surface area (Å²) >= 11 is 5.78. The molecule has 1 unspecified atom stereocenters. The first-order chi connectivity index (χ1) is 9.58. The average Bonchev–Trinajstić information content (AvgIpc) is 2.45. The minimum absolute atomic E-state index is 0.0244. The number of hydrogen-bond acceptors (Lipinski definition) is 3. The maximum atomic E-state index is 12.1. The summed E-state index contributed by atoms with van der Waals surface area (Å²) in [5.41, 5.74) is 0.623. The molecular formula is C15H18ClNO3. The molecule has 1 N–H and O–H groups in total. The van der Waals surface area contributed by atoms with E-state index >= 15 is 0 Å². The molecule has 5 heteroatoms. The van der Waals surface area contributed by atoms with Crippen molar-refractivity contribution in [3.05, 3.63) is 34.9 Å². The van der Waals surface area contributed by atoms with E-state index < -0.39 is 12.0 Å². The average molecular weight is 296 g/mol. The van der Waals surface area contributed by atoms with Crippen LogP contribution in [0.25, 0.3) is 0 Å². The van der Waals surface area contributed by atoms with E-state index in [2.05, 4.69) is 0 Å². The molecule has 108 valence electrons. The zero-order valence-electron chi connectivity index (χ0n) is 11.2. The topological polar surface area (TPSA) is 57.6 Å². The summed E-state index contributed by atoms with van der Waals surface area (Å²) in [4.78, 5) is 25.1. The lowest BCUT2D eigenvalue weighted by molar-refractivity contribution is -0.144. The molecule has 1 aromatic rings. The number of carboxylic acids is 1.